The van der Waals surface area contributed by atoms with Crippen LogP contribution in [0.2, 0.25) is 0 Å². The van der Waals surface area contributed by atoms with Crippen molar-refractivity contribution >= 4 is 65.4 Å². The van der Waals surface area contributed by atoms with Crippen molar-refractivity contribution in [2.24, 2.45) is 0 Å². The molecule has 0 bridgehead atoms. The maximum absolute atomic E-state index is 5.42. The maximum Gasteiger partial charge on any atom is 0.160 e. The van der Waals surface area contributed by atoms with Gasteiger partial charge in [0.25, 0.3) is 0 Å². The van der Waals surface area contributed by atoms with E-state index in [1.165, 1.54) is 43.5 Å². The van der Waals surface area contributed by atoms with E-state index >= 15 is 0 Å². The van der Waals surface area contributed by atoms with E-state index in [2.05, 4.69) is 214 Å². The van der Waals surface area contributed by atoms with Crippen LogP contribution < -0.4 is 0 Å². The summed E-state index contributed by atoms with van der Waals surface area (Å²) in [6, 6.07) is 80.2. The quantitative estimate of drug-likeness (QED) is 0.168. The number of fused-ring (bicyclic) bond motifs is 10. The lowest BCUT2D eigenvalue weighted by atomic mass is 10.0. The monoisotopic (exact) mass is 803 g/mol. The van der Waals surface area contributed by atoms with Crippen molar-refractivity contribution in [1.29, 1.82) is 0 Å². The molecule has 0 saturated heterocycles. The predicted octanol–water partition coefficient (Wildman–Crippen LogP) is 14.8. The molecule has 5 heteroatoms. The summed E-state index contributed by atoms with van der Waals surface area (Å²) in [5.41, 5.74) is 15.0. The Labute approximate surface area is 363 Å². The molecule has 0 fully saturated rings. The molecule has 0 atom stereocenters. The average Bonchev–Trinajstić information content (AvgIpc) is 4.00. The molecule has 0 aliphatic carbocycles. The maximum atomic E-state index is 5.42. The molecule has 0 aliphatic heterocycles. The molecule has 0 amide bonds. The van der Waals surface area contributed by atoms with Crippen LogP contribution in [0.1, 0.15) is 0 Å². The molecular formula is C58H37N5. The number of benzene rings is 9. The summed E-state index contributed by atoms with van der Waals surface area (Å²) < 4.78 is 7.33. The summed E-state index contributed by atoms with van der Waals surface area (Å²) in [5, 5.41) is 7.21. The van der Waals surface area contributed by atoms with Gasteiger partial charge in [-0.15, -0.1) is 0 Å². The largest absolute Gasteiger partial charge is 0.309 e. The second-order valence-corrected chi connectivity index (χ2v) is 16.2. The van der Waals surface area contributed by atoms with Gasteiger partial charge in [0.2, 0.25) is 0 Å². The number of hydrogen-bond acceptors (Lipinski definition) is 2. The van der Waals surface area contributed by atoms with Crippen LogP contribution in [0.4, 0.5) is 0 Å². The van der Waals surface area contributed by atoms with E-state index in [-0.39, 0.29) is 0 Å². The van der Waals surface area contributed by atoms with Crippen LogP contribution >= 0.6 is 0 Å². The highest BCUT2D eigenvalue weighted by Crippen LogP contribution is 2.45. The fourth-order valence-electron chi connectivity index (χ4n) is 9.94. The standard InChI is InChI=1S/C58H37N5/c1-5-18-38(19-6-1)49-37-50(60-58(59-49)39-20-7-2-8-21-39)47-28-17-29-48-55-53(35-34-46-44-27-14-16-31-52(44)62(57(46)55)41-24-11-4-12-25-41)63(56(47)48)42-32-33-45-43-26-13-15-30-51(43)61(54(45)36-42)40-22-9-3-10-23-40/h1-37H. The number of nitrogens with zero attached hydrogens (tertiary/aromatic N) is 5. The normalized spacial score (nSPS) is 11.8. The highest BCUT2D eigenvalue weighted by Gasteiger charge is 2.24. The van der Waals surface area contributed by atoms with Crippen LogP contribution in [0.25, 0.3) is 116 Å². The van der Waals surface area contributed by atoms with Crippen LogP contribution in [0, 0.1) is 0 Å². The number of hydrogen-bond donors (Lipinski definition) is 0. The third-order valence-corrected chi connectivity index (χ3v) is 12.6. The SMILES string of the molecule is c1ccc(-c2cc(-c3cccc4c5c(ccc6c7ccccc7n(-c7ccccc7)c65)n(-c5ccc6c7ccccc7n(-c7ccccc7)c6c5)c34)nc(-c3ccccc3)n2)cc1. The van der Waals surface area contributed by atoms with E-state index in [9.17, 15) is 0 Å². The Morgan fingerprint density at radius 1 is 0.286 bits per heavy atom. The molecule has 0 spiro atoms. The molecule has 0 N–H and O–H groups in total. The molecule has 0 radical (unpaired) electrons. The Bertz CT molecular complexity index is 3820. The van der Waals surface area contributed by atoms with Gasteiger partial charge in [0.15, 0.2) is 5.82 Å². The minimum atomic E-state index is 0.687. The van der Waals surface area contributed by atoms with Crippen LogP contribution in [0.3, 0.4) is 0 Å². The van der Waals surface area contributed by atoms with E-state index < -0.39 is 0 Å². The van der Waals surface area contributed by atoms with Gasteiger partial charge in [-0.1, -0.05) is 164 Å². The van der Waals surface area contributed by atoms with Gasteiger partial charge >= 0.3 is 0 Å². The predicted molar refractivity (Wildman–Crippen MR) is 261 cm³/mol. The van der Waals surface area contributed by atoms with E-state index in [0.717, 1.165) is 67.1 Å². The van der Waals surface area contributed by atoms with Gasteiger partial charge in [-0.2, -0.15) is 0 Å². The van der Waals surface area contributed by atoms with Crippen LogP contribution in [-0.2, 0) is 0 Å². The van der Waals surface area contributed by atoms with Gasteiger partial charge in [0.1, 0.15) is 0 Å². The first-order chi connectivity index (χ1) is 31.3. The highest BCUT2D eigenvalue weighted by atomic mass is 15.0. The molecule has 4 heterocycles. The molecule has 4 aromatic heterocycles. The lowest BCUT2D eigenvalue weighted by molar-refractivity contribution is 1.15. The van der Waals surface area contributed by atoms with Gasteiger partial charge in [0, 0.05) is 66.1 Å². The van der Waals surface area contributed by atoms with Crippen molar-refractivity contribution in [1.82, 2.24) is 23.7 Å². The topological polar surface area (TPSA) is 40.6 Å². The number of para-hydroxylation sites is 5. The third kappa shape index (κ3) is 5.43. The lowest BCUT2D eigenvalue weighted by Crippen LogP contribution is -2.00. The Morgan fingerprint density at radius 2 is 0.810 bits per heavy atom. The summed E-state index contributed by atoms with van der Waals surface area (Å²) in [6.07, 6.45) is 0. The Hall–Kier alpha value is -8.54. The molecule has 0 aliphatic rings. The van der Waals surface area contributed by atoms with Crippen LogP contribution in [0.5, 0.6) is 0 Å². The van der Waals surface area contributed by atoms with E-state index in [1.807, 2.05) is 24.3 Å². The molecule has 63 heavy (non-hydrogen) atoms. The Kier molecular flexibility index (Phi) is 7.84. The highest BCUT2D eigenvalue weighted by molar-refractivity contribution is 6.27. The average molecular weight is 804 g/mol. The zero-order valence-corrected chi connectivity index (χ0v) is 34.1. The molecule has 0 unspecified atom stereocenters. The molecule has 294 valence electrons. The minimum Gasteiger partial charge on any atom is -0.309 e. The summed E-state index contributed by atoms with van der Waals surface area (Å²) in [7, 11) is 0. The van der Waals surface area contributed by atoms with Crippen molar-refractivity contribution in [2.75, 3.05) is 0 Å². The summed E-state index contributed by atoms with van der Waals surface area (Å²) in [4.78, 5) is 10.6. The van der Waals surface area contributed by atoms with Gasteiger partial charge in [-0.05, 0) is 60.7 Å². The van der Waals surface area contributed by atoms with Crippen molar-refractivity contribution in [3.63, 3.8) is 0 Å². The van der Waals surface area contributed by atoms with Gasteiger partial charge < -0.3 is 13.7 Å². The number of aromatic nitrogens is 5. The Balaban J connectivity index is 1.19. The molecule has 9 aromatic carbocycles. The fraction of sp³-hybridized carbons (Fsp3) is 0. The van der Waals surface area contributed by atoms with Crippen molar-refractivity contribution < 1.29 is 0 Å². The van der Waals surface area contributed by atoms with Crippen molar-refractivity contribution in [3.8, 4) is 51.0 Å². The van der Waals surface area contributed by atoms with Crippen LogP contribution in [0.15, 0.2) is 224 Å². The summed E-state index contributed by atoms with van der Waals surface area (Å²) >= 11 is 0. The second kappa shape index (κ2) is 14.0. The molecule has 5 nitrogen and oxygen atoms in total. The Morgan fingerprint density at radius 3 is 1.52 bits per heavy atom. The zero-order valence-electron chi connectivity index (χ0n) is 34.1. The van der Waals surface area contributed by atoms with Crippen LogP contribution in [-0.4, -0.2) is 23.7 Å². The first kappa shape index (κ1) is 35.2. The van der Waals surface area contributed by atoms with E-state index in [4.69, 9.17) is 9.97 Å². The first-order valence-electron chi connectivity index (χ1n) is 21.4. The zero-order chi connectivity index (χ0) is 41.4. The van der Waals surface area contributed by atoms with Crippen molar-refractivity contribution in [3.05, 3.63) is 224 Å². The lowest BCUT2D eigenvalue weighted by Gasteiger charge is -2.14. The van der Waals surface area contributed by atoms with E-state index in [1.54, 1.807) is 0 Å². The molecule has 0 saturated carbocycles. The second-order valence-electron chi connectivity index (χ2n) is 16.2. The van der Waals surface area contributed by atoms with Gasteiger partial charge in [0.05, 0.1) is 44.5 Å². The fourth-order valence-corrected chi connectivity index (χ4v) is 9.94. The smallest absolute Gasteiger partial charge is 0.160 e. The minimum absolute atomic E-state index is 0.687. The molecule has 13 aromatic rings. The summed E-state index contributed by atoms with van der Waals surface area (Å²) in [5.74, 6) is 0.687. The molecular weight excluding hydrogens is 767 g/mol. The number of rotatable bonds is 6. The van der Waals surface area contributed by atoms with E-state index in [0.29, 0.717) is 5.82 Å². The van der Waals surface area contributed by atoms with Crippen molar-refractivity contribution in [2.45, 2.75) is 0 Å². The molecule has 13 rings (SSSR count). The van der Waals surface area contributed by atoms with Gasteiger partial charge in [-0.25, -0.2) is 9.97 Å². The summed E-state index contributed by atoms with van der Waals surface area (Å²) in [6.45, 7) is 0. The first-order valence-corrected chi connectivity index (χ1v) is 21.4. The third-order valence-electron chi connectivity index (χ3n) is 12.6. The van der Waals surface area contributed by atoms with Gasteiger partial charge in [-0.3, -0.25) is 0 Å².